The van der Waals surface area contributed by atoms with Gasteiger partial charge < -0.3 is 20.1 Å². The summed E-state index contributed by atoms with van der Waals surface area (Å²) in [5.41, 5.74) is 6.48. The van der Waals surface area contributed by atoms with Crippen molar-refractivity contribution in [2.45, 2.75) is 38.9 Å². The molecular weight excluding hydrogens is 316 g/mol. The number of aromatic carboxylic acids is 1. The minimum absolute atomic E-state index is 0.136. The molecule has 5 nitrogen and oxygen atoms in total. The summed E-state index contributed by atoms with van der Waals surface area (Å²) in [4.78, 5) is 11.0. The van der Waals surface area contributed by atoms with Crippen LogP contribution >= 0.6 is 11.6 Å². The van der Waals surface area contributed by atoms with E-state index in [2.05, 4.69) is 0 Å². The van der Waals surface area contributed by atoms with E-state index < -0.39 is 24.3 Å². The van der Waals surface area contributed by atoms with Gasteiger partial charge in [-0.15, -0.1) is 0 Å². The molecule has 124 valence electrons. The highest BCUT2D eigenvalue weighted by molar-refractivity contribution is 6.56. The zero-order valence-corrected chi connectivity index (χ0v) is 14.5. The standard InChI is InChI=1S/C16H21BClNO4/c1-15(2)16(3,4)23-17(22-15)12(9-19)7-10-5-6-11(14(20)21)8-13(10)18/h5-8H,9,19H2,1-4H3,(H,20,21). The van der Waals surface area contributed by atoms with Crippen LogP contribution in [0, 0.1) is 0 Å². The van der Waals surface area contributed by atoms with E-state index in [1.807, 2.05) is 27.7 Å². The zero-order chi connectivity index (χ0) is 17.4. The Hall–Kier alpha value is -1.34. The van der Waals surface area contributed by atoms with Gasteiger partial charge in [-0.3, -0.25) is 0 Å². The first-order valence-corrected chi connectivity index (χ1v) is 7.74. The lowest BCUT2D eigenvalue weighted by molar-refractivity contribution is 0.00578. The molecule has 0 aliphatic carbocycles. The van der Waals surface area contributed by atoms with Crippen LogP contribution in [0.5, 0.6) is 0 Å². The summed E-state index contributed by atoms with van der Waals surface area (Å²) >= 11 is 6.16. The lowest BCUT2D eigenvalue weighted by atomic mass is 9.77. The summed E-state index contributed by atoms with van der Waals surface area (Å²) in [5, 5.41) is 9.32. The summed E-state index contributed by atoms with van der Waals surface area (Å²) in [6.45, 7) is 8.12. The molecule has 1 aromatic rings. The Morgan fingerprint density at radius 1 is 1.30 bits per heavy atom. The molecule has 0 unspecified atom stereocenters. The first-order chi connectivity index (χ1) is 10.6. The van der Waals surface area contributed by atoms with Crippen molar-refractivity contribution in [2.24, 2.45) is 5.73 Å². The Morgan fingerprint density at radius 2 is 1.87 bits per heavy atom. The molecule has 2 rings (SSSR count). The van der Waals surface area contributed by atoms with E-state index in [0.29, 0.717) is 10.6 Å². The third-order valence-corrected chi connectivity index (χ3v) is 4.71. The number of halogens is 1. The molecule has 0 aromatic heterocycles. The van der Waals surface area contributed by atoms with E-state index in [1.165, 1.54) is 12.1 Å². The van der Waals surface area contributed by atoms with Gasteiger partial charge in [0.05, 0.1) is 16.8 Å². The van der Waals surface area contributed by atoms with Crippen LogP contribution in [0.2, 0.25) is 5.02 Å². The Morgan fingerprint density at radius 3 is 2.30 bits per heavy atom. The Bertz CT molecular complexity index is 641. The molecular formula is C16H21BClNO4. The summed E-state index contributed by atoms with van der Waals surface area (Å²) < 4.78 is 12.0. The number of hydrogen-bond acceptors (Lipinski definition) is 4. The summed E-state index contributed by atoms with van der Waals surface area (Å²) in [5.74, 6) is -1.02. The molecule has 0 bridgehead atoms. The fourth-order valence-corrected chi connectivity index (χ4v) is 2.43. The van der Waals surface area contributed by atoms with E-state index in [9.17, 15) is 4.79 Å². The molecule has 1 fully saturated rings. The SMILES string of the molecule is CC1(C)OB(C(=Cc2ccc(C(=O)O)cc2Cl)CN)OC1(C)C. The van der Waals surface area contributed by atoms with Crippen molar-refractivity contribution in [1.29, 1.82) is 0 Å². The second-order valence-corrected chi connectivity index (χ2v) is 6.96. The van der Waals surface area contributed by atoms with Crippen LogP contribution in [0.15, 0.2) is 23.7 Å². The second-order valence-electron chi connectivity index (χ2n) is 6.55. The minimum Gasteiger partial charge on any atom is -0.478 e. The van der Waals surface area contributed by atoms with E-state index in [-0.39, 0.29) is 12.1 Å². The van der Waals surface area contributed by atoms with Crippen molar-refractivity contribution in [3.05, 3.63) is 39.8 Å². The fraction of sp³-hybridized carbons (Fsp3) is 0.438. The Kier molecular flexibility index (Phi) is 4.92. The highest BCUT2D eigenvalue weighted by atomic mass is 35.5. The number of hydrogen-bond donors (Lipinski definition) is 2. The molecule has 0 radical (unpaired) electrons. The number of benzene rings is 1. The monoisotopic (exact) mass is 337 g/mol. The number of carbonyl (C=O) groups is 1. The van der Waals surface area contributed by atoms with Gasteiger partial charge >= 0.3 is 13.1 Å². The van der Waals surface area contributed by atoms with Crippen molar-refractivity contribution >= 4 is 30.8 Å². The lowest BCUT2D eigenvalue weighted by Crippen LogP contribution is -2.41. The lowest BCUT2D eigenvalue weighted by Gasteiger charge is -2.32. The van der Waals surface area contributed by atoms with Gasteiger partial charge in [0.2, 0.25) is 0 Å². The van der Waals surface area contributed by atoms with Crippen molar-refractivity contribution in [1.82, 2.24) is 0 Å². The minimum atomic E-state index is -1.02. The van der Waals surface area contributed by atoms with Crippen molar-refractivity contribution in [2.75, 3.05) is 6.54 Å². The third kappa shape index (κ3) is 3.61. The van der Waals surface area contributed by atoms with Crippen LogP contribution in [0.25, 0.3) is 6.08 Å². The van der Waals surface area contributed by atoms with Gasteiger partial charge in [-0.05, 0) is 50.9 Å². The molecule has 0 saturated carbocycles. The topological polar surface area (TPSA) is 81.8 Å². The Balaban J connectivity index is 2.32. The molecule has 0 atom stereocenters. The van der Waals surface area contributed by atoms with Crippen molar-refractivity contribution in [3.8, 4) is 0 Å². The normalized spacial score (nSPS) is 19.9. The largest absolute Gasteiger partial charge is 0.491 e. The second kappa shape index (κ2) is 6.28. The Labute approximate surface area is 141 Å². The number of rotatable bonds is 4. The van der Waals surface area contributed by atoms with Crippen LogP contribution < -0.4 is 5.73 Å². The summed E-state index contributed by atoms with van der Waals surface area (Å²) in [7, 11) is -0.555. The van der Waals surface area contributed by atoms with E-state index in [0.717, 1.165) is 5.47 Å². The highest BCUT2D eigenvalue weighted by Gasteiger charge is 2.52. The van der Waals surface area contributed by atoms with Crippen molar-refractivity contribution in [3.63, 3.8) is 0 Å². The molecule has 1 saturated heterocycles. The van der Waals surface area contributed by atoms with Gasteiger partial charge in [-0.1, -0.05) is 23.7 Å². The molecule has 1 aliphatic heterocycles. The van der Waals surface area contributed by atoms with Crippen LogP contribution in [0.4, 0.5) is 0 Å². The van der Waals surface area contributed by atoms with E-state index >= 15 is 0 Å². The van der Waals surface area contributed by atoms with Gasteiger partial charge in [-0.2, -0.15) is 0 Å². The molecule has 1 heterocycles. The van der Waals surface area contributed by atoms with Gasteiger partial charge in [0, 0.05) is 11.6 Å². The van der Waals surface area contributed by atoms with Crippen molar-refractivity contribution < 1.29 is 19.2 Å². The van der Waals surface area contributed by atoms with Crippen LogP contribution in [0.1, 0.15) is 43.6 Å². The van der Waals surface area contributed by atoms with Gasteiger partial charge in [-0.25, -0.2) is 4.79 Å². The third-order valence-electron chi connectivity index (χ3n) is 4.38. The zero-order valence-electron chi connectivity index (χ0n) is 13.7. The quantitative estimate of drug-likeness (QED) is 0.825. The van der Waals surface area contributed by atoms with Gasteiger partial charge in [0.1, 0.15) is 0 Å². The molecule has 1 aliphatic rings. The number of nitrogens with two attached hydrogens (primary N) is 1. The first kappa shape index (κ1) is 18.0. The fourth-order valence-electron chi connectivity index (χ4n) is 2.19. The summed E-state index contributed by atoms with van der Waals surface area (Å²) in [6.07, 6.45) is 1.79. The van der Waals surface area contributed by atoms with Crippen LogP contribution in [-0.2, 0) is 9.31 Å². The average Bonchev–Trinajstić information content (AvgIpc) is 2.65. The first-order valence-electron chi connectivity index (χ1n) is 7.36. The van der Waals surface area contributed by atoms with E-state index in [1.54, 1.807) is 12.1 Å². The molecule has 7 heteroatoms. The van der Waals surface area contributed by atoms with Gasteiger partial charge in [0.25, 0.3) is 0 Å². The number of carboxylic acids is 1. The maximum absolute atomic E-state index is 11.0. The predicted molar refractivity (Wildman–Crippen MR) is 91.5 cm³/mol. The molecule has 3 N–H and O–H groups in total. The molecule has 0 spiro atoms. The maximum atomic E-state index is 11.0. The molecule has 23 heavy (non-hydrogen) atoms. The molecule has 0 amide bonds. The predicted octanol–water partition coefficient (Wildman–Crippen LogP) is 3.01. The number of carboxylic acid groups (broad SMARTS) is 1. The van der Waals surface area contributed by atoms with Crippen LogP contribution in [0.3, 0.4) is 0 Å². The highest BCUT2D eigenvalue weighted by Crippen LogP contribution is 2.38. The smallest absolute Gasteiger partial charge is 0.478 e. The van der Waals surface area contributed by atoms with Gasteiger partial charge in [0.15, 0.2) is 0 Å². The summed E-state index contributed by atoms with van der Waals surface area (Å²) in [6, 6.07) is 4.55. The van der Waals surface area contributed by atoms with E-state index in [4.69, 9.17) is 31.7 Å². The average molecular weight is 338 g/mol. The maximum Gasteiger partial charge on any atom is 0.491 e. The van der Waals surface area contributed by atoms with Crippen LogP contribution in [-0.4, -0.2) is 35.9 Å². The molecule has 1 aromatic carbocycles.